The van der Waals surface area contributed by atoms with E-state index < -0.39 is 34.1 Å². The van der Waals surface area contributed by atoms with E-state index in [0.717, 1.165) is 28.3 Å². The Morgan fingerprint density at radius 1 is 1.12 bits per heavy atom. The number of nitrogens with one attached hydrogen (secondary N) is 1. The van der Waals surface area contributed by atoms with Gasteiger partial charge in [-0.2, -0.15) is 0 Å². The molecule has 134 valence electrons. The predicted molar refractivity (Wildman–Crippen MR) is 93.1 cm³/mol. The van der Waals surface area contributed by atoms with Gasteiger partial charge in [0.15, 0.2) is 0 Å². The van der Waals surface area contributed by atoms with Crippen molar-refractivity contribution in [3.05, 3.63) is 59.2 Å². The number of aryl methyl sites for hydroxylation is 2. The Hall–Kier alpha value is -2.48. The van der Waals surface area contributed by atoms with Crippen LogP contribution in [0.25, 0.3) is 0 Å². The number of nitrogens with zero attached hydrogens (tertiary/aromatic N) is 1. The third-order valence-corrected chi connectivity index (χ3v) is 4.64. The minimum atomic E-state index is -3.74. The van der Waals surface area contributed by atoms with E-state index in [-0.39, 0.29) is 5.69 Å². The zero-order valence-corrected chi connectivity index (χ0v) is 14.8. The molecule has 0 heterocycles. The van der Waals surface area contributed by atoms with Gasteiger partial charge in [-0.3, -0.25) is 9.10 Å². The highest BCUT2D eigenvalue weighted by Crippen LogP contribution is 2.24. The van der Waals surface area contributed by atoms with Crippen LogP contribution in [0.4, 0.5) is 20.2 Å². The maximum atomic E-state index is 13.6. The molecule has 0 radical (unpaired) electrons. The summed E-state index contributed by atoms with van der Waals surface area (Å²) < 4.78 is 51.7. The number of amides is 1. The second-order valence-electron chi connectivity index (χ2n) is 5.73. The van der Waals surface area contributed by atoms with Gasteiger partial charge in [0.2, 0.25) is 15.9 Å². The molecule has 2 aromatic carbocycles. The first-order chi connectivity index (χ1) is 11.6. The smallest absolute Gasteiger partial charge is 0.245 e. The molecule has 5 nitrogen and oxygen atoms in total. The number of rotatable bonds is 5. The highest BCUT2D eigenvalue weighted by Gasteiger charge is 2.23. The molecule has 1 amide bonds. The lowest BCUT2D eigenvalue weighted by Gasteiger charge is -2.24. The summed E-state index contributed by atoms with van der Waals surface area (Å²) in [6.07, 6.45) is 0.984. The minimum Gasteiger partial charge on any atom is -0.322 e. The molecule has 0 bridgehead atoms. The SMILES string of the molecule is Cc1ccc(N(CC(=O)Nc2ccc(F)cc2F)S(C)(=O)=O)c(C)c1. The summed E-state index contributed by atoms with van der Waals surface area (Å²) in [5.74, 6) is -2.45. The summed E-state index contributed by atoms with van der Waals surface area (Å²) in [6, 6.07) is 7.84. The highest BCUT2D eigenvalue weighted by molar-refractivity contribution is 7.92. The number of carbonyl (C=O) groups excluding carboxylic acids is 1. The number of hydrogen-bond donors (Lipinski definition) is 1. The average molecular weight is 368 g/mol. The fourth-order valence-electron chi connectivity index (χ4n) is 2.38. The molecule has 0 spiro atoms. The molecule has 0 aromatic heterocycles. The summed E-state index contributed by atoms with van der Waals surface area (Å²) >= 11 is 0. The molecule has 0 saturated carbocycles. The quantitative estimate of drug-likeness (QED) is 0.882. The fraction of sp³-hybridized carbons (Fsp3) is 0.235. The Bertz CT molecular complexity index is 914. The summed E-state index contributed by atoms with van der Waals surface area (Å²) in [7, 11) is -3.74. The molecule has 0 unspecified atom stereocenters. The van der Waals surface area contributed by atoms with Crippen LogP contribution in [-0.4, -0.2) is 27.1 Å². The average Bonchev–Trinajstić information content (AvgIpc) is 2.47. The number of halogens is 2. The fourth-order valence-corrected chi connectivity index (χ4v) is 3.29. The number of benzene rings is 2. The lowest BCUT2D eigenvalue weighted by Crippen LogP contribution is -2.38. The van der Waals surface area contributed by atoms with E-state index in [1.807, 2.05) is 6.92 Å². The zero-order chi connectivity index (χ0) is 18.8. The lowest BCUT2D eigenvalue weighted by molar-refractivity contribution is -0.114. The Balaban J connectivity index is 2.27. The Kier molecular flexibility index (Phi) is 5.42. The molecule has 8 heteroatoms. The summed E-state index contributed by atoms with van der Waals surface area (Å²) in [4.78, 5) is 12.2. The topological polar surface area (TPSA) is 66.5 Å². The van der Waals surface area contributed by atoms with Crippen molar-refractivity contribution < 1.29 is 22.0 Å². The predicted octanol–water partition coefficient (Wildman–Crippen LogP) is 2.99. The molecule has 1 N–H and O–H groups in total. The third kappa shape index (κ3) is 4.76. The third-order valence-electron chi connectivity index (χ3n) is 3.51. The van der Waals surface area contributed by atoms with Gasteiger partial charge in [-0.15, -0.1) is 0 Å². The van der Waals surface area contributed by atoms with Crippen LogP contribution in [0, 0.1) is 25.5 Å². The zero-order valence-electron chi connectivity index (χ0n) is 14.0. The van der Waals surface area contributed by atoms with Gasteiger partial charge in [-0.1, -0.05) is 17.7 Å². The van der Waals surface area contributed by atoms with Crippen molar-refractivity contribution in [2.75, 3.05) is 22.4 Å². The van der Waals surface area contributed by atoms with Crippen LogP contribution in [-0.2, 0) is 14.8 Å². The molecule has 0 fully saturated rings. The van der Waals surface area contributed by atoms with E-state index in [0.29, 0.717) is 17.3 Å². The Morgan fingerprint density at radius 2 is 1.80 bits per heavy atom. The number of carbonyl (C=O) groups is 1. The number of sulfonamides is 1. The molecule has 0 saturated heterocycles. The molecule has 2 rings (SSSR count). The van der Waals surface area contributed by atoms with Crippen LogP contribution in [0.1, 0.15) is 11.1 Å². The molecule has 0 atom stereocenters. The van der Waals surface area contributed by atoms with Crippen LogP contribution >= 0.6 is 0 Å². The van der Waals surface area contributed by atoms with Gasteiger partial charge >= 0.3 is 0 Å². The van der Waals surface area contributed by atoms with Crippen LogP contribution in [0.15, 0.2) is 36.4 Å². The second kappa shape index (κ2) is 7.18. The molecular weight excluding hydrogens is 350 g/mol. The first-order valence-electron chi connectivity index (χ1n) is 7.38. The van der Waals surface area contributed by atoms with Gasteiger partial charge in [0.25, 0.3) is 0 Å². The monoisotopic (exact) mass is 368 g/mol. The van der Waals surface area contributed by atoms with Crippen molar-refractivity contribution in [1.82, 2.24) is 0 Å². The molecular formula is C17H18F2N2O3S. The largest absolute Gasteiger partial charge is 0.322 e. The van der Waals surface area contributed by atoms with Gasteiger partial charge in [0.1, 0.15) is 18.2 Å². The second-order valence-corrected chi connectivity index (χ2v) is 7.64. The van der Waals surface area contributed by atoms with E-state index in [1.165, 1.54) is 0 Å². The van der Waals surface area contributed by atoms with Crippen molar-refractivity contribution in [2.24, 2.45) is 0 Å². The molecule has 0 aliphatic rings. The first kappa shape index (κ1) is 18.9. The van der Waals surface area contributed by atoms with Crippen molar-refractivity contribution >= 4 is 27.3 Å². The highest BCUT2D eigenvalue weighted by atomic mass is 32.2. The van der Waals surface area contributed by atoms with Crippen molar-refractivity contribution in [3.8, 4) is 0 Å². The van der Waals surface area contributed by atoms with Crippen molar-refractivity contribution in [1.29, 1.82) is 0 Å². The van der Waals surface area contributed by atoms with Crippen LogP contribution in [0.5, 0.6) is 0 Å². The van der Waals surface area contributed by atoms with Crippen LogP contribution in [0.2, 0.25) is 0 Å². The first-order valence-corrected chi connectivity index (χ1v) is 9.22. The Morgan fingerprint density at radius 3 is 2.36 bits per heavy atom. The Labute approximate surface area is 145 Å². The van der Waals surface area contributed by atoms with E-state index in [4.69, 9.17) is 0 Å². The van der Waals surface area contributed by atoms with Crippen LogP contribution < -0.4 is 9.62 Å². The molecule has 0 aliphatic carbocycles. The summed E-state index contributed by atoms with van der Waals surface area (Å²) in [5, 5.41) is 2.25. The molecule has 25 heavy (non-hydrogen) atoms. The lowest BCUT2D eigenvalue weighted by atomic mass is 10.1. The minimum absolute atomic E-state index is 0.222. The van der Waals surface area contributed by atoms with E-state index in [1.54, 1.807) is 25.1 Å². The number of hydrogen-bond acceptors (Lipinski definition) is 3. The maximum absolute atomic E-state index is 13.6. The summed E-state index contributed by atoms with van der Waals surface area (Å²) in [5.41, 5.74) is 1.78. The van der Waals surface area contributed by atoms with E-state index >= 15 is 0 Å². The van der Waals surface area contributed by atoms with E-state index in [9.17, 15) is 22.0 Å². The van der Waals surface area contributed by atoms with Gasteiger partial charge in [-0.25, -0.2) is 17.2 Å². The normalized spacial score (nSPS) is 11.2. The van der Waals surface area contributed by atoms with Gasteiger partial charge in [0.05, 0.1) is 17.6 Å². The van der Waals surface area contributed by atoms with Crippen LogP contribution in [0.3, 0.4) is 0 Å². The van der Waals surface area contributed by atoms with Gasteiger partial charge in [0, 0.05) is 6.07 Å². The molecule has 0 aliphatic heterocycles. The standard InChI is InChI=1S/C17H18F2N2O3S/c1-11-4-7-16(12(2)8-11)21(25(3,23)24)10-17(22)20-15-6-5-13(18)9-14(15)19/h4-9H,10H2,1-3H3,(H,20,22). The van der Waals surface area contributed by atoms with E-state index in [2.05, 4.69) is 5.32 Å². The number of anilines is 2. The van der Waals surface area contributed by atoms with Crippen molar-refractivity contribution in [3.63, 3.8) is 0 Å². The maximum Gasteiger partial charge on any atom is 0.245 e. The van der Waals surface area contributed by atoms with Crippen molar-refractivity contribution in [2.45, 2.75) is 13.8 Å². The van der Waals surface area contributed by atoms with Gasteiger partial charge < -0.3 is 5.32 Å². The van der Waals surface area contributed by atoms with Gasteiger partial charge in [-0.05, 0) is 37.6 Å². The molecule has 2 aromatic rings. The summed E-state index contributed by atoms with van der Waals surface area (Å²) in [6.45, 7) is 3.07.